The van der Waals surface area contributed by atoms with Gasteiger partial charge in [-0.15, -0.1) is 34.0 Å². The average Bonchev–Trinajstić information content (AvgIpc) is 1.92. The van der Waals surface area contributed by atoms with Gasteiger partial charge < -0.3 is 65.8 Å². The molecule has 0 radical (unpaired) electrons. The van der Waals surface area contributed by atoms with Gasteiger partial charge in [-0.1, -0.05) is 36.9 Å². The molecule has 95 heavy (non-hydrogen) atoms. The number of fused-ring (bicyclic) bond motifs is 3. The molecule has 26 heteroatoms. The first kappa shape index (κ1) is 66.5. The van der Waals surface area contributed by atoms with E-state index in [0.29, 0.717) is 50.7 Å². The second-order valence-corrected chi connectivity index (χ2v) is 25.6. The van der Waals surface area contributed by atoms with E-state index < -0.39 is 0 Å². The Balaban J connectivity index is 0.000000136. The van der Waals surface area contributed by atoms with Crippen molar-refractivity contribution in [3.8, 4) is 17.4 Å². The molecule has 14 rings (SSSR count). The number of hydrogen-bond donors (Lipinski definition) is 7. The van der Waals surface area contributed by atoms with Crippen molar-refractivity contribution in [2.75, 3.05) is 141 Å². The highest BCUT2D eigenvalue weighted by atomic mass is 35.5. The van der Waals surface area contributed by atoms with Gasteiger partial charge in [-0.05, 0) is 165 Å². The zero-order valence-corrected chi connectivity index (χ0v) is 55.9. The molecule has 0 bridgehead atoms. The van der Waals surface area contributed by atoms with Crippen molar-refractivity contribution in [2.45, 2.75) is 0 Å². The van der Waals surface area contributed by atoms with Gasteiger partial charge in [0, 0.05) is 136 Å². The van der Waals surface area contributed by atoms with Crippen LogP contribution in [-0.2, 0) is 9.59 Å². The highest BCUT2D eigenvalue weighted by Crippen LogP contribution is 2.35. The molecule has 3 aliphatic rings. The highest BCUT2D eigenvalue weighted by Gasteiger charge is 2.19. The molecule has 2 amide bonds. The minimum atomic E-state index is -0.291. The van der Waals surface area contributed by atoms with E-state index in [1.807, 2.05) is 70.7 Å². The predicted molar refractivity (Wildman–Crippen MR) is 391 cm³/mol. The van der Waals surface area contributed by atoms with E-state index in [1.165, 1.54) is 64.0 Å². The summed E-state index contributed by atoms with van der Waals surface area (Å²) < 4.78 is 8.55. The Bertz CT molecular complexity index is 4470. The third-order valence-electron chi connectivity index (χ3n) is 15.6. The van der Waals surface area contributed by atoms with Crippen LogP contribution in [0.2, 0.25) is 5.15 Å². The molecule has 3 aliphatic heterocycles. The first-order chi connectivity index (χ1) is 46.2. The summed E-state index contributed by atoms with van der Waals surface area (Å²) in [6.45, 7) is 19.6. The molecule has 0 atom stereocenters. The van der Waals surface area contributed by atoms with Crippen LogP contribution in [0, 0.1) is 0 Å². The standard InChI is InChI=1S/C26H26N6O2S.C17H18ClN5S.C17H19N5OS.C9H9NO2/c1-3-23(33)27-19-5-4-6-21(17-19)34-25-24-22(11-16-35-24)29-26(30-25)28-18-7-9-20(10-8-18)32-14-12-31(2)13-15-32;1-22-7-9-23(10-8-22)13-4-2-12(3-5-13)19-17-20-14-6-11-24-15(14)16(18)21-17;1-21-7-9-22(10-8-21)13-4-2-12(3-5-13)18-17-19-14-6-11-24-15(14)16(23)20-17;1-2-9(12)10-7-4-3-5-8(11)6-7/h3-11,16-17H,1,12-15H2,2H3,(H,27,33)(H,28,29,30);2-6,11H,7-10H2,1H3,(H,19,20,21);2-6,11H,7-10H2,1H3,(H2,18,19,20,23);2-6,11H,1H2,(H,10,12). The second kappa shape index (κ2) is 31.8. The maximum Gasteiger partial charge on any atom is 0.270 e. The Morgan fingerprint density at radius 1 is 0.505 bits per heavy atom. The molecule has 6 aromatic heterocycles. The number of ether oxygens (including phenoxy) is 1. The lowest BCUT2D eigenvalue weighted by atomic mass is 10.2. The number of amides is 2. The summed E-state index contributed by atoms with van der Waals surface area (Å²) in [5.41, 5.74) is 9.91. The number of aromatic hydroxyl groups is 1. The largest absolute Gasteiger partial charge is 0.508 e. The predicted octanol–water partition coefficient (Wildman–Crippen LogP) is 12.9. The molecule has 3 fully saturated rings. The number of phenols is 1. The van der Waals surface area contributed by atoms with Crippen LogP contribution in [0.15, 0.2) is 186 Å². The van der Waals surface area contributed by atoms with Gasteiger partial charge in [0.2, 0.25) is 35.5 Å². The zero-order valence-electron chi connectivity index (χ0n) is 52.7. The number of aromatic amines is 1. The molecule has 3 saturated heterocycles. The van der Waals surface area contributed by atoms with E-state index in [2.05, 4.69) is 169 Å². The van der Waals surface area contributed by atoms with Crippen LogP contribution in [0.3, 0.4) is 0 Å². The molecule has 11 aromatic rings. The Kier molecular flexibility index (Phi) is 22.2. The number of carbonyl (C=O) groups excluding carboxylic acids is 2. The van der Waals surface area contributed by atoms with Gasteiger partial charge in [-0.3, -0.25) is 19.4 Å². The van der Waals surface area contributed by atoms with E-state index in [9.17, 15) is 14.4 Å². The van der Waals surface area contributed by atoms with Crippen molar-refractivity contribution in [1.82, 2.24) is 44.6 Å². The Hall–Kier alpha value is -9.99. The normalized spacial score (nSPS) is 14.3. The number of phenolic OH excluding ortho intramolecular Hbond substituents is 1. The van der Waals surface area contributed by atoms with E-state index in [0.717, 1.165) is 122 Å². The minimum absolute atomic E-state index is 0.105. The number of aromatic nitrogens is 6. The molecule has 5 aromatic carbocycles. The lowest BCUT2D eigenvalue weighted by Crippen LogP contribution is -2.44. The number of likely N-dealkylation sites (N-methyl/N-ethyl adjacent to an activating group) is 3. The summed E-state index contributed by atoms with van der Waals surface area (Å²) in [6.07, 6.45) is 2.40. The average molecular weight is 1350 g/mol. The molecule has 0 spiro atoms. The van der Waals surface area contributed by atoms with Crippen molar-refractivity contribution < 1.29 is 19.4 Å². The van der Waals surface area contributed by atoms with Crippen molar-refractivity contribution in [3.63, 3.8) is 0 Å². The zero-order chi connectivity index (χ0) is 66.2. The van der Waals surface area contributed by atoms with E-state index in [-0.39, 0.29) is 23.1 Å². The lowest BCUT2D eigenvalue weighted by molar-refractivity contribution is -0.112. The fraction of sp³-hybridized carbons (Fsp3) is 0.217. The molecule has 0 aliphatic carbocycles. The molecule has 22 nitrogen and oxygen atoms in total. The number of nitrogens with one attached hydrogen (secondary N) is 6. The maximum atomic E-state index is 12.0. The Morgan fingerprint density at radius 3 is 1.41 bits per heavy atom. The van der Waals surface area contributed by atoms with E-state index in [1.54, 1.807) is 35.6 Å². The van der Waals surface area contributed by atoms with Crippen LogP contribution in [0.1, 0.15) is 0 Å². The maximum absolute atomic E-state index is 12.0. The van der Waals surface area contributed by atoms with Gasteiger partial charge >= 0.3 is 0 Å². The highest BCUT2D eigenvalue weighted by molar-refractivity contribution is 7.18. The van der Waals surface area contributed by atoms with Crippen LogP contribution in [-0.4, -0.2) is 161 Å². The molecule has 7 N–H and O–H groups in total. The van der Waals surface area contributed by atoms with Gasteiger partial charge in [0.25, 0.3) is 5.56 Å². The second-order valence-electron chi connectivity index (χ2n) is 22.5. The third-order valence-corrected chi connectivity index (χ3v) is 18.7. The SMILES string of the molecule is C=CC(=O)Nc1cccc(O)c1.C=CC(=O)Nc1cccc(Oc2nc(Nc3ccc(N4CCN(C)CC4)cc3)nc3ccsc23)c1.CN1CCN(c2ccc(Nc3nc(Cl)c4sccc4n3)cc2)CC1.CN1CCN(c2ccc(Nc3nc4ccsc4c(=O)[nH]3)cc2)CC1. The number of rotatable bonds is 15. The fourth-order valence-electron chi connectivity index (χ4n) is 10.4. The number of benzene rings is 5. The first-order valence-corrected chi connectivity index (χ1v) is 33.7. The first-order valence-electron chi connectivity index (χ1n) is 30.7. The number of thiophene rings is 3. The Labute approximate surface area is 566 Å². The molecule has 0 unspecified atom stereocenters. The molecule has 488 valence electrons. The van der Waals surface area contributed by atoms with E-state index >= 15 is 0 Å². The number of piperazine rings is 3. The summed E-state index contributed by atoms with van der Waals surface area (Å²) in [5, 5.41) is 30.3. The van der Waals surface area contributed by atoms with Crippen molar-refractivity contribution >= 4 is 151 Å². The lowest BCUT2D eigenvalue weighted by Gasteiger charge is -2.34. The van der Waals surface area contributed by atoms with Gasteiger partial charge in [0.1, 0.15) is 20.9 Å². The summed E-state index contributed by atoms with van der Waals surface area (Å²) in [5.74, 6) is 2.01. The van der Waals surface area contributed by atoms with Crippen LogP contribution < -0.4 is 51.6 Å². The molecular weight excluding hydrogens is 1280 g/mol. The van der Waals surface area contributed by atoms with Crippen molar-refractivity contribution in [3.05, 3.63) is 196 Å². The number of anilines is 11. The third kappa shape index (κ3) is 18.2. The van der Waals surface area contributed by atoms with Gasteiger partial charge in [-0.2, -0.15) is 9.97 Å². The molecule has 0 saturated carbocycles. The molecule has 9 heterocycles. The monoisotopic (exact) mass is 1350 g/mol. The van der Waals surface area contributed by atoms with Crippen molar-refractivity contribution in [2.24, 2.45) is 0 Å². The molecular formula is C69H72ClN17O5S3. The number of H-pyrrole nitrogens is 1. The fourth-order valence-corrected chi connectivity index (χ4v) is 12.9. The van der Waals surface area contributed by atoms with Crippen LogP contribution >= 0.6 is 45.6 Å². The quantitative estimate of drug-likeness (QED) is 0.0373. The topological polar surface area (TPSA) is 241 Å². The summed E-state index contributed by atoms with van der Waals surface area (Å²) in [4.78, 5) is 74.0. The van der Waals surface area contributed by atoms with Gasteiger partial charge in [0.05, 0.1) is 21.3 Å². The minimum Gasteiger partial charge on any atom is -0.508 e. The number of halogens is 1. The van der Waals surface area contributed by atoms with Gasteiger partial charge in [-0.25, -0.2) is 15.0 Å². The summed E-state index contributed by atoms with van der Waals surface area (Å²) >= 11 is 10.7. The van der Waals surface area contributed by atoms with E-state index in [4.69, 9.17) is 21.4 Å². The smallest absolute Gasteiger partial charge is 0.270 e. The van der Waals surface area contributed by atoms with Crippen LogP contribution in [0.4, 0.5) is 63.3 Å². The number of nitrogens with zero attached hydrogens (tertiary/aromatic N) is 11. The summed E-state index contributed by atoms with van der Waals surface area (Å²) in [6, 6.07) is 44.2. The van der Waals surface area contributed by atoms with Crippen molar-refractivity contribution in [1.29, 1.82) is 0 Å². The van der Waals surface area contributed by atoms with Gasteiger partial charge in [0.15, 0.2) is 5.15 Å². The number of carbonyl (C=O) groups is 2. The number of hydrogen-bond acceptors (Lipinski definition) is 22. The van der Waals surface area contributed by atoms with Crippen LogP contribution in [0.5, 0.6) is 17.4 Å². The summed E-state index contributed by atoms with van der Waals surface area (Å²) in [7, 11) is 6.48. The Morgan fingerprint density at radius 2 is 0.926 bits per heavy atom. The van der Waals surface area contributed by atoms with Crippen LogP contribution in [0.25, 0.3) is 30.6 Å².